The molecular formula is C13H20N2O3S. The molecule has 1 aromatic rings. The number of carboxylic acids is 1. The van der Waals surface area contributed by atoms with E-state index in [0.717, 1.165) is 11.3 Å². The van der Waals surface area contributed by atoms with E-state index in [4.69, 9.17) is 5.11 Å². The van der Waals surface area contributed by atoms with Crippen LogP contribution in [-0.2, 0) is 16.1 Å². The van der Waals surface area contributed by atoms with E-state index in [2.05, 4.69) is 0 Å². The number of carbonyl (C=O) groups excluding carboxylic acids is 1. The first-order valence-corrected chi connectivity index (χ1v) is 7.11. The summed E-state index contributed by atoms with van der Waals surface area (Å²) in [6, 6.07) is 3.93. The molecule has 1 N–H and O–H groups in total. The van der Waals surface area contributed by atoms with E-state index in [1.807, 2.05) is 24.4 Å². The van der Waals surface area contributed by atoms with Gasteiger partial charge in [0.05, 0.1) is 19.6 Å². The number of carboxylic acid groups (broad SMARTS) is 1. The molecule has 0 aliphatic carbocycles. The lowest BCUT2D eigenvalue weighted by Gasteiger charge is -2.23. The highest BCUT2D eigenvalue weighted by Crippen LogP contribution is 2.11. The van der Waals surface area contributed by atoms with Gasteiger partial charge in [0.25, 0.3) is 0 Å². The maximum absolute atomic E-state index is 12.0. The molecule has 0 fully saturated rings. The molecule has 1 rings (SSSR count). The van der Waals surface area contributed by atoms with E-state index < -0.39 is 5.97 Å². The Kier molecular flexibility index (Phi) is 6.52. The van der Waals surface area contributed by atoms with Crippen LogP contribution < -0.4 is 0 Å². The largest absolute Gasteiger partial charge is 0.480 e. The topological polar surface area (TPSA) is 60.9 Å². The number of amides is 1. The number of likely N-dealkylation sites (N-methyl/N-ethyl adjacent to an activating group) is 1. The highest BCUT2D eigenvalue weighted by molar-refractivity contribution is 7.09. The van der Waals surface area contributed by atoms with E-state index in [1.54, 1.807) is 28.2 Å². The fraction of sp³-hybridized carbons (Fsp3) is 0.538. The first-order valence-electron chi connectivity index (χ1n) is 6.23. The summed E-state index contributed by atoms with van der Waals surface area (Å²) >= 11 is 1.61. The molecule has 1 amide bonds. The van der Waals surface area contributed by atoms with Crippen LogP contribution in [0.25, 0.3) is 0 Å². The molecular weight excluding hydrogens is 264 g/mol. The quantitative estimate of drug-likeness (QED) is 0.786. The zero-order chi connectivity index (χ0) is 14.3. The summed E-state index contributed by atoms with van der Waals surface area (Å²) in [4.78, 5) is 27.2. The number of aliphatic carboxylic acids is 1. The van der Waals surface area contributed by atoms with Gasteiger partial charge in [0, 0.05) is 11.9 Å². The minimum Gasteiger partial charge on any atom is -0.480 e. The number of carbonyl (C=O) groups is 2. The zero-order valence-electron chi connectivity index (χ0n) is 11.3. The van der Waals surface area contributed by atoms with Crippen molar-refractivity contribution in [2.75, 3.05) is 26.7 Å². The van der Waals surface area contributed by atoms with Gasteiger partial charge in [0.1, 0.15) is 0 Å². The lowest BCUT2D eigenvalue weighted by Crippen LogP contribution is -2.40. The second kappa shape index (κ2) is 7.91. The van der Waals surface area contributed by atoms with E-state index in [9.17, 15) is 9.59 Å². The lowest BCUT2D eigenvalue weighted by molar-refractivity contribution is -0.139. The monoisotopic (exact) mass is 284 g/mol. The fourth-order valence-corrected chi connectivity index (χ4v) is 2.52. The summed E-state index contributed by atoms with van der Waals surface area (Å²) in [5.41, 5.74) is 0. The zero-order valence-corrected chi connectivity index (χ0v) is 12.2. The average Bonchev–Trinajstić information content (AvgIpc) is 2.81. The molecule has 1 aromatic heterocycles. The molecule has 0 bridgehead atoms. The molecule has 0 aliphatic rings. The van der Waals surface area contributed by atoms with E-state index >= 15 is 0 Å². The van der Waals surface area contributed by atoms with Crippen molar-refractivity contribution in [3.63, 3.8) is 0 Å². The van der Waals surface area contributed by atoms with Crippen LogP contribution in [0.5, 0.6) is 0 Å². The molecule has 5 nitrogen and oxygen atoms in total. The minimum absolute atomic E-state index is 0.0527. The molecule has 0 radical (unpaired) electrons. The molecule has 0 spiro atoms. The fourth-order valence-electron chi connectivity index (χ4n) is 1.76. The first-order chi connectivity index (χ1) is 9.02. The second-order valence-corrected chi connectivity index (χ2v) is 5.47. The molecule has 0 saturated heterocycles. The van der Waals surface area contributed by atoms with E-state index in [0.29, 0.717) is 13.1 Å². The maximum Gasteiger partial charge on any atom is 0.317 e. The van der Waals surface area contributed by atoms with Crippen molar-refractivity contribution in [3.8, 4) is 0 Å². The smallest absolute Gasteiger partial charge is 0.317 e. The van der Waals surface area contributed by atoms with Gasteiger partial charge in [-0.25, -0.2) is 0 Å². The Bertz CT molecular complexity index is 406. The summed E-state index contributed by atoms with van der Waals surface area (Å²) in [6.07, 6.45) is 0.829. The van der Waals surface area contributed by atoms with Crippen molar-refractivity contribution in [1.82, 2.24) is 9.80 Å². The Morgan fingerprint density at radius 3 is 2.63 bits per heavy atom. The molecule has 1 heterocycles. The third-order valence-electron chi connectivity index (χ3n) is 2.66. The number of hydrogen-bond donors (Lipinski definition) is 1. The van der Waals surface area contributed by atoms with Crippen molar-refractivity contribution < 1.29 is 14.7 Å². The van der Waals surface area contributed by atoms with Gasteiger partial charge in [0.15, 0.2) is 0 Å². The Balaban J connectivity index is 2.48. The van der Waals surface area contributed by atoms with Gasteiger partial charge >= 0.3 is 5.97 Å². The predicted octanol–water partition coefficient (Wildman–Crippen LogP) is 1.50. The van der Waals surface area contributed by atoms with Crippen LogP contribution >= 0.6 is 11.3 Å². The molecule has 0 unspecified atom stereocenters. The summed E-state index contributed by atoms with van der Waals surface area (Å²) < 4.78 is 0. The predicted molar refractivity (Wildman–Crippen MR) is 75.2 cm³/mol. The number of rotatable bonds is 8. The van der Waals surface area contributed by atoms with Gasteiger partial charge in [-0.1, -0.05) is 13.0 Å². The van der Waals surface area contributed by atoms with Crippen LogP contribution in [0.1, 0.15) is 18.2 Å². The highest BCUT2D eigenvalue weighted by Gasteiger charge is 2.16. The number of nitrogens with zero attached hydrogens (tertiary/aromatic N) is 2. The molecule has 106 valence electrons. The van der Waals surface area contributed by atoms with Crippen LogP contribution in [0.2, 0.25) is 0 Å². The Morgan fingerprint density at radius 2 is 2.11 bits per heavy atom. The van der Waals surface area contributed by atoms with Crippen molar-refractivity contribution in [2.24, 2.45) is 0 Å². The lowest BCUT2D eigenvalue weighted by atomic mass is 10.3. The van der Waals surface area contributed by atoms with Gasteiger partial charge in [-0.05, 0) is 24.4 Å². The van der Waals surface area contributed by atoms with Crippen LogP contribution in [0.15, 0.2) is 17.5 Å². The average molecular weight is 284 g/mol. The molecule has 0 atom stereocenters. The first kappa shape index (κ1) is 15.7. The van der Waals surface area contributed by atoms with E-state index in [1.165, 1.54) is 0 Å². The minimum atomic E-state index is -0.901. The Morgan fingerprint density at radius 1 is 1.37 bits per heavy atom. The Hall–Kier alpha value is -1.40. The highest BCUT2D eigenvalue weighted by atomic mass is 32.1. The standard InChI is InChI=1S/C13H20N2O3S/c1-3-6-15(10-13(17)18)9-12(16)14(2)8-11-5-4-7-19-11/h4-5,7H,3,6,8-10H2,1-2H3,(H,17,18). The van der Waals surface area contributed by atoms with Gasteiger partial charge in [-0.15, -0.1) is 11.3 Å². The van der Waals surface area contributed by atoms with Gasteiger partial charge in [0.2, 0.25) is 5.91 Å². The normalized spacial score (nSPS) is 10.7. The van der Waals surface area contributed by atoms with Crippen LogP contribution in [0.4, 0.5) is 0 Å². The van der Waals surface area contributed by atoms with Crippen LogP contribution in [0, 0.1) is 0 Å². The van der Waals surface area contributed by atoms with Crippen molar-refractivity contribution in [3.05, 3.63) is 22.4 Å². The maximum atomic E-state index is 12.0. The third kappa shape index (κ3) is 5.85. The SMILES string of the molecule is CCCN(CC(=O)O)CC(=O)N(C)Cc1cccs1. The van der Waals surface area contributed by atoms with E-state index in [-0.39, 0.29) is 19.0 Å². The summed E-state index contributed by atoms with van der Waals surface area (Å²) in [5.74, 6) is -0.953. The number of hydrogen-bond acceptors (Lipinski definition) is 4. The Labute approximate surface area is 117 Å². The van der Waals surface area contributed by atoms with Crippen molar-refractivity contribution in [2.45, 2.75) is 19.9 Å². The van der Waals surface area contributed by atoms with Crippen LogP contribution in [-0.4, -0.2) is 53.5 Å². The summed E-state index contributed by atoms with van der Waals surface area (Å²) in [6.45, 7) is 3.22. The second-order valence-electron chi connectivity index (χ2n) is 4.43. The molecule has 0 aliphatic heterocycles. The summed E-state index contributed by atoms with van der Waals surface area (Å²) in [7, 11) is 1.74. The molecule has 19 heavy (non-hydrogen) atoms. The van der Waals surface area contributed by atoms with Gasteiger partial charge in [-0.3, -0.25) is 14.5 Å². The molecule has 6 heteroatoms. The van der Waals surface area contributed by atoms with Crippen molar-refractivity contribution in [1.29, 1.82) is 0 Å². The van der Waals surface area contributed by atoms with Gasteiger partial charge < -0.3 is 10.0 Å². The molecule has 0 aromatic carbocycles. The van der Waals surface area contributed by atoms with Crippen molar-refractivity contribution >= 4 is 23.2 Å². The van der Waals surface area contributed by atoms with Gasteiger partial charge in [-0.2, -0.15) is 0 Å². The molecule has 0 saturated carbocycles. The third-order valence-corrected chi connectivity index (χ3v) is 3.52. The number of thiophene rings is 1. The summed E-state index contributed by atoms with van der Waals surface area (Å²) in [5, 5.41) is 10.8. The van der Waals surface area contributed by atoms with Crippen LogP contribution in [0.3, 0.4) is 0 Å².